The normalized spacial score (nSPS) is 17.3. The number of nitrogens with zero attached hydrogens (tertiary/aromatic N) is 4. The molecule has 1 aliphatic rings. The molecule has 2 aromatic rings. The van der Waals surface area contributed by atoms with E-state index < -0.39 is 0 Å². The molecule has 6 nitrogen and oxygen atoms in total. The average Bonchev–Trinajstić information content (AvgIpc) is 2.91. The van der Waals surface area contributed by atoms with Crippen molar-refractivity contribution in [2.24, 2.45) is 13.0 Å². The molecule has 0 spiro atoms. The number of hydrogen-bond donors (Lipinski definition) is 0. The number of likely N-dealkylation sites (tertiary alicyclic amines) is 1. The third-order valence-corrected chi connectivity index (χ3v) is 5.34. The Labute approximate surface area is 154 Å². The molecule has 1 saturated heterocycles. The monoisotopic (exact) mass is 354 g/mol. The van der Waals surface area contributed by atoms with E-state index in [4.69, 9.17) is 0 Å². The Morgan fingerprint density at radius 1 is 1.31 bits per heavy atom. The predicted octanol–water partition coefficient (Wildman–Crippen LogP) is 2.49. The first kappa shape index (κ1) is 18.3. The summed E-state index contributed by atoms with van der Waals surface area (Å²) in [6.45, 7) is 5.26. The number of amides is 1. The van der Waals surface area contributed by atoms with Gasteiger partial charge in [-0.15, -0.1) is 0 Å². The first-order chi connectivity index (χ1) is 12.5. The number of Topliss-reactive ketones (excluding diaryl/α,β-unsaturated/α-hetero) is 1. The van der Waals surface area contributed by atoms with Crippen molar-refractivity contribution < 1.29 is 9.59 Å². The van der Waals surface area contributed by atoms with Gasteiger partial charge in [0.25, 0.3) is 0 Å². The molecular weight excluding hydrogens is 328 g/mol. The molecule has 1 amide bonds. The molecular formula is C20H26N4O2. The third kappa shape index (κ3) is 3.84. The molecule has 0 bridgehead atoms. The second kappa shape index (κ2) is 7.81. The fourth-order valence-corrected chi connectivity index (χ4v) is 3.73. The largest absolute Gasteiger partial charge is 0.342 e. The summed E-state index contributed by atoms with van der Waals surface area (Å²) in [5.74, 6) is 0.0876. The highest BCUT2D eigenvalue weighted by Crippen LogP contribution is 2.22. The number of hydrogen-bond acceptors (Lipinski definition) is 4. The quantitative estimate of drug-likeness (QED) is 0.774. The van der Waals surface area contributed by atoms with E-state index in [2.05, 4.69) is 10.1 Å². The van der Waals surface area contributed by atoms with Gasteiger partial charge in [0.2, 0.25) is 5.91 Å². The fourth-order valence-electron chi connectivity index (χ4n) is 3.73. The van der Waals surface area contributed by atoms with Crippen LogP contribution in [-0.2, 0) is 18.3 Å². The summed E-state index contributed by atoms with van der Waals surface area (Å²) in [6, 6.07) is 3.57. The highest BCUT2D eigenvalue weighted by atomic mass is 16.2. The maximum atomic E-state index is 12.7. The van der Waals surface area contributed by atoms with Gasteiger partial charge in [0.05, 0.1) is 5.69 Å². The van der Waals surface area contributed by atoms with Crippen molar-refractivity contribution >= 4 is 11.7 Å². The number of carbonyl (C=O) groups is 2. The molecule has 0 N–H and O–H groups in total. The van der Waals surface area contributed by atoms with E-state index in [1.165, 1.54) is 0 Å². The lowest BCUT2D eigenvalue weighted by Gasteiger charge is -2.32. The number of carbonyl (C=O) groups excluding carboxylic acids is 2. The van der Waals surface area contributed by atoms with Crippen LogP contribution in [0.4, 0.5) is 0 Å². The van der Waals surface area contributed by atoms with Gasteiger partial charge in [-0.25, -0.2) is 0 Å². The number of ketones is 1. The Bertz CT molecular complexity index is 798. The van der Waals surface area contributed by atoms with Crippen LogP contribution in [0.3, 0.4) is 0 Å². The van der Waals surface area contributed by atoms with Crippen molar-refractivity contribution in [1.82, 2.24) is 19.7 Å². The summed E-state index contributed by atoms with van der Waals surface area (Å²) < 4.78 is 1.86. The molecule has 138 valence electrons. The molecule has 0 aliphatic carbocycles. The number of rotatable bonds is 5. The van der Waals surface area contributed by atoms with E-state index in [0.717, 1.165) is 36.3 Å². The van der Waals surface area contributed by atoms with Crippen molar-refractivity contribution in [3.05, 3.63) is 47.0 Å². The van der Waals surface area contributed by atoms with E-state index in [-0.39, 0.29) is 17.6 Å². The van der Waals surface area contributed by atoms with Crippen molar-refractivity contribution in [3.63, 3.8) is 0 Å². The second-order valence-corrected chi connectivity index (χ2v) is 7.06. The molecule has 6 heteroatoms. The molecule has 1 fully saturated rings. The van der Waals surface area contributed by atoms with Crippen molar-refractivity contribution in [2.75, 3.05) is 13.1 Å². The predicted molar refractivity (Wildman–Crippen MR) is 98.9 cm³/mol. The smallest absolute Gasteiger partial charge is 0.222 e. The second-order valence-electron chi connectivity index (χ2n) is 7.06. The minimum Gasteiger partial charge on any atom is -0.342 e. The Hall–Kier alpha value is -2.50. The maximum absolute atomic E-state index is 12.7. The molecule has 1 aliphatic heterocycles. The van der Waals surface area contributed by atoms with Gasteiger partial charge in [-0.1, -0.05) is 0 Å². The van der Waals surface area contributed by atoms with Gasteiger partial charge in [0.1, 0.15) is 0 Å². The first-order valence-corrected chi connectivity index (χ1v) is 9.18. The van der Waals surface area contributed by atoms with Crippen LogP contribution in [0.15, 0.2) is 24.5 Å². The zero-order chi connectivity index (χ0) is 18.7. The van der Waals surface area contributed by atoms with E-state index in [0.29, 0.717) is 24.9 Å². The molecule has 2 aromatic heterocycles. The van der Waals surface area contributed by atoms with Gasteiger partial charge in [-0.05, 0) is 50.8 Å². The van der Waals surface area contributed by atoms with Crippen LogP contribution >= 0.6 is 0 Å². The molecule has 3 heterocycles. The van der Waals surface area contributed by atoms with Crippen molar-refractivity contribution in [2.45, 2.75) is 39.5 Å². The van der Waals surface area contributed by atoms with E-state index in [1.807, 2.05) is 30.5 Å². The standard InChI is InChI=1S/C20H26N4O2/c1-14-18(15(2)23(3)22-14)8-9-19(25)24-11-5-7-17(13-24)20(26)16-6-4-10-21-12-16/h4,6,10,12,17H,5,7-9,11,13H2,1-3H3/t17-/m0/s1. The molecule has 0 unspecified atom stereocenters. The minimum absolute atomic E-state index is 0.0922. The summed E-state index contributed by atoms with van der Waals surface area (Å²) in [4.78, 5) is 31.2. The highest BCUT2D eigenvalue weighted by molar-refractivity contribution is 5.98. The Kier molecular flexibility index (Phi) is 5.49. The van der Waals surface area contributed by atoms with Crippen LogP contribution in [-0.4, -0.2) is 44.4 Å². The van der Waals surface area contributed by atoms with Crippen molar-refractivity contribution in [3.8, 4) is 0 Å². The maximum Gasteiger partial charge on any atom is 0.222 e. The zero-order valence-electron chi connectivity index (χ0n) is 15.7. The molecule has 26 heavy (non-hydrogen) atoms. The summed E-state index contributed by atoms with van der Waals surface area (Å²) in [7, 11) is 1.92. The van der Waals surface area contributed by atoms with Crippen LogP contribution in [0.1, 0.15) is 46.6 Å². The van der Waals surface area contributed by atoms with Gasteiger partial charge >= 0.3 is 0 Å². The summed E-state index contributed by atoms with van der Waals surface area (Å²) in [5, 5.41) is 4.41. The van der Waals surface area contributed by atoms with Gasteiger partial charge < -0.3 is 4.90 Å². The Morgan fingerprint density at radius 3 is 2.77 bits per heavy atom. The van der Waals surface area contributed by atoms with Gasteiger partial charge in [0.15, 0.2) is 5.78 Å². The van der Waals surface area contributed by atoms with Gasteiger partial charge in [0, 0.05) is 56.1 Å². The molecule has 0 aromatic carbocycles. The minimum atomic E-state index is -0.126. The summed E-state index contributed by atoms with van der Waals surface area (Å²) in [6.07, 6.45) is 6.13. The molecule has 1 atom stereocenters. The summed E-state index contributed by atoms with van der Waals surface area (Å²) >= 11 is 0. The summed E-state index contributed by atoms with van der Waals surface area (Å²) in [5.41, 5.74) is 3.88. The van der Waals surface area contributed by atoms with Crippen LogP contribution < -0.4 is 0 Å². The van der Waals surface area contributed by atoms with E-state index in [9.17, 15) is 9.59 Å². The van der Waals surface area contributed by atoms with E-state index in [1.54, 1.807) is 24.5 Å². The molecule has 0 radical (unpaired) electrons. The van der Waals surface area contributed by atoms with Crippen LogP contribution in [0, 0.1) is 19.8 Å². The zero-order valence-corrected chi connectivity index (χ0v) is 15.7. The molecule has 0 saturated carbocycles. The first-order valence-electron chi connectivity index (χ1n) is 9.18. The van der Waals surface area contributed by atoms with Crippen LogP contribution in [0.2, 0.25) is 0 Å². The lowest BCUT2D eigenvalue weighted by molar-refractivity contribution is -0.132. The van der Waals surface area contributed by atoms with Crippen LogP contribution in [0.5, 0.6) is 0 Å². The fraction of sp³-hybridized carbons (Fsp3) is 0.500. The lowest BCUT2D eigenvalue weighted by atomic mass is 9.90. The highest BCUT2D eigenvalue weighted by Gasteiger charge is 2.29. The SMILES string of the molecule is Cc1nn(C)c(C)c1CCC(=O)N1CCC[C@H](C(=O)c2cccnc2)C1. The number of aryl methyl sites for hydroxylation is 2. The third-order valence-electron chi connectivity index (χ3n) is 5.34. The lowest BCUT2D eigenvalue weighted by Crippen LogP contribution is -2.42. The van der Waals surface area contributed by atoms with Crippen molar-refractivity contribution in [1.29, 1.82) is 0 Å². The van der Waals surface area contributed by atoms with Crippen LogP contribution in [0.25, 0.3) is 0 Å². The molecule has 3 rings (SSSR count). The Morgan fingerprint density at radius 2 is 2.12 bits per heavy atom. The number of aromatic nitrogens is 3. The Balaban J connectivity index is 1.60. The topological polar surface area (TPSA) is 68.1 Å². The van der Waals surface area contributed by atoms with Gasteiger partial charge in [-0.3, -0.25) is 19.3 Å². The number of pyridine rings is 1. The van der Waals surface area contributed by atoms with Gasteiger partial charge in [-0.2, -0.15) is 5.10 Å². The van der Waals surface area contributed by atoms with E-state index >= 15 is 0 Å². The number of piperidine rings is 1. The average molecular weight is 354 g/mol.